The minimum atomic E-state index is -0.390. The molecule has 0 spiro atoms. The third kappa shape index (κ3) is 3.47. The van der Waals surface area contributed by atoms with Gasteiger partial charge in [0.1, 0.15) is 17.3 Å². The topological polar surface area (TPSA) is 92.8 Å². The number of hydrogen-bond acceptors (Lipinski definition) is 6. The van der Waals surface area contributed by atoms with E-state index in [0.29, 0.717) is 28.7 Å². The molecule has 2 unspecified atom stereocenters. The normalized spacial score (nSPS) is 26.2. The van der Waals surface area contributed by atoms with Crippen LogP contribution in [0, 0.1) is 23.6 Å². The Morgan fingerprint density at radius 3 is 2.76 bits per heavy atom. The van der Waals surface area contributed by atoms with Crippen LogP contribution in [0.5, 0.6) is 0 Å². The number of fused-ring (bicyclic) bond motifs is 5. The highest BCUT2D eigenvalue weighted by molar-refractivity contribution is 5.91. The number of anilines is 1. The summed E-state index contributed by atoms with van der Waals surface area (Å²) in [5, 5.41) is 4.38. The molecule has 7 nitrogen and oxygen atoms in total. The number of halogens is 1. The van der Waals surface area contributed by atoms with E-state index in [1.165, 1.54) is 19.4 Å². The molecule has 0 amide bonds. The number of methoxy groups -OCH3 is 1. The van der Waals surface area contributed by atoms with Crippen LogP contribution in [0.15, 0.2) is 18.5 Å². The number of aromatic amines is 1. The Morgan fingerprint density at radius 1 is 1.15 bits per heavy atom. The van der Waals surface area contributed by atoms with Gasteiger partial charge in [0, 0.05) is 34.4 Å². The van der Waals surface area contributed by atoms with Gasteiger partial charge in [0.15, 0.2) is 5.82 Å². The minimum Gasteiger partial charge on any atom is -0.469 e. The maximum atomic E-state index is 13.9. The lowest BCUT2D eigenvalue weighted by atomic mass is 9.61. The summed E-state index contributed by atoms with van der Waals surface area (Å²) in [6.45, 7) is 0. The van der Waals surface area contributed by atoms with E-state index in [9.17, 15) is 9.18 Å². The number of pyridine rings is 1. The van der Waals surface area contributed by atoms with Gasteiger partial charge < -0.3 is 15.0 Å². The van der Waals surface area contributed by atoms with Gasteiger partial charge in [-0.3, -0.25) is 4.79 Å². The molecular formula is C25H28FN5O2. The van der Waals surface area contributed by atoms with E-state index in [0.717, 1.165) is 74.0 Å². The molecule has 172 valence electrons. The van der Waals surface area contributed by atoms with Crippen LogP contribution in [-0.2, 0) is 22.4 Å². The zero-order valence-corrected chi connectivity index (χ0v) is 18.7. The molecule has 0 saturated heterocycles. The van der Waals surface area contributed by atoms with Crippen molar-refractivity contribution in [1.82, 2.24) is 19.9 Å². The summed E-state index contributed by atoms with van der Waals surface area (Å²) in [6, 6.07) is 1.48. The lowest BCUT2D eigenvalue weighted by molar-refractivity contribution is -0.152. The first-order valence-electron chi connectivity index (χ1n) is 12.0. The van der Waals surface area contributed by atoms with Crippen LogP contribution in [0.4, 0.5) is 10.2 Å². The Kier molecular flexibility index (Phi) is 5.03. The first kappa shape index (κ1) is 20.6. The molecule has 3 heterocycles. The molecule has 0 aromatic carbocycles. The molecule has 3 aromatic heterocycles. The molecule has 0 radical (unpaired) electrons. The van der Waals surface area contributed by atoms with Crippen molar-refractivity contribution in [1.29, 1.82) is 0 Å². The summed E-state index contributed by atoms with van der Waals surface area (Å²) < 4.78 is 19.1. The van der Waals surface area contributed by atoms with Gasteiger partial charge in [-0.15, -0.1) is 0 Å². The van der Waals surface area contributed by atoms with Gasteiger partial charge >= 0.3 is 5.97 Å². The summed E-state index contributed by atoms with van der Waals surface area (Å²) in [7, 11) is 1.48. The highest BCUT2D eigenvalue weighted by Gasteiger charge is 2.48. The summed E-state index contributed by atoms with van der Waals surface area (Å²) >= 11 is 0. The molecule has 2 bridgehead atoms. The number of carbonyl (C=O) groups excluding carboxylic acids is 1. The number of hydrogen-bond donors (Lipinski definition) is 2. The zero-order chi connectivity index (χ0) is 22.5. The predicted molar refractivity (Wildman–Crippen MR) is 122 cm³/mol. The lowest BCUT2D eigenvalue weighted by Crippen LogP contribution is -2.52. The number of esters is 1. The fourth-order valence-corrected chi connectivity index (χ4v) is 6.29. The lowest BCUT2D eigenvalue weighted by Gasteiger charge is -2.47. The molecule has 4 aliphatic rings. The number of ether oxygens (including phenoxy) is 1. The highest BCUT2D eigenvalue weighted by Crippen LogP contribution is 2.47. The second-order valence-electron chi connectivity index (χ2n) is 9.67. The van der Waals surface area contributed by atoms with E-state index in [4.69, 9.17) is 14.7 Å². The van der Waals surface area contributed by atoms with Crippen LogP contribution >= 0.6 is 0 Å². The van der Waals surface area contributed by atoms with E-state index in [1.54, 1.807) is 6.20 Å². The third-order valence-corrected chi connectivity index (χ3v) is 7.92. The van der Waals surface area contributed by atoms with E-state index < -0.39 is 0 Å². The second kappa shape index (κ2) is 8.08. The zero-order valence-electron chi connectivity index (χ0n) is 18.7. The van der Waals surface area contributed by atoms with Crippen molar-refractivity contribution in [2.24, 2.45) is 17.8 Å². The standard InChI is InChI=1S/C25H28FN5O2/c1-33-25(32)20-13-6-8-14(9-7-13)21(20)30-23-16-4-2-3-5-19(16)29-24(31-23)18-12-28-22-17(18)10-15(26)11-27-22/h10-14,20-21H,2-9H2,1H3,(H,27,28)(H,29,30,31). The monoisotopic (exact) mass is 449 g/mol. The van der Waals surface area contributed by atoms with E-state index >= 15 is 0 Å². The van der Waals surface area contributed by atoms with Gasteiger partial charge in [0.2, 0.25) is 0 Å². The molecule has 2 N–H and O–H groups in total. The van der Waals surface area contributed by atoms with Crippen LogP contribution in [-0.4, -0.2) is 39.1 Å². The molecule has 8 heteroatoms. The number of nitrogens with one attached hydrogen (secondary N) is 2. The van der Waals surface area contributed by atoms with Gasteiger partial charge in [-0.1, -0.05) is 0 Å². The Labute approximate surface area is 191 Å². The fourth-order valence-electron chi connectivity index (χ4n) is 6.29. The van der Waals surface area contributed by atoms with Crippen molar-refractivity contribution < 1.29 is 13.9 Å². The van der Waals surface area contributed by atoms with Crippen LogP contribution in [0.1, 0.15) is 49.8 Å². The molecule has 3 aromatic rings. The van der Waals surface area contributed by atoms with Gasteiger partial charge in [0.25, 0.3) is 0 Å². The van der Waals surface area contributed by atoms with Gasteiger partial charge in [0.05, 0.1) is 19.2 Å². The Bertz CT molecular complexity index is 1220. The number of H-pyrrole nitrogens is 1. The van der Waals surface area contributed by atoms with Gasteiger partial charge in [-0.05, 0) is 69.3 Å². The molecule has 0 aliphatic heterocycles. The average molecular weight is 450 g/mol. The van der Waals surface area contributed by atoms with E-state index in [2.05, 4.69) is 15.3 Å². The molecule has 33 heavy (non-hydrogen) atoms. The first-order chi connectivity index (χ1) is 16.1. The molecule has 2 atom stereocenters. The summed E-state index contributed by atoms with van der Waals surface area (Å²) in [4.78, 5) is 29.8. The van der Waals surface area contributed by atoms with Crippen molar-refractivity contribution in [3.05, 3.63) is 35.5 Å². The van der Waals surface area contributed by atoms with Gasteiger partial charge in [-0.25, -0.2) is 19.3 Å². The minimum absolute atomic E-state index is 0.0146. The first-order valence-corrected chi connectivity index (χ1v) is 12.0. The molecule has 7 rings (SSSR count). The highest BCUT2D eigenvalue weighted by atomic mass is 19.1. The maximum Gasteiger partial charge on any atom is 0.311 e. The number of carbonyl (C=O) groups is 1. The largest absolute Gasteiger partial charge is 0.469 e. The third-order valence-electron chi connectivity index (χ3n) is 7.92. The van der Waals surface area contributed by atoms with Crippen LogP contribution in [0.3, 0.4) is 0 Å². The second-order valence-corrected chi connectivity index (χ2v) is 9.67. The summed E-state index contributed by atoms with van der Waals surface area (Å²) in [5.41, 5.74) is 3.54. The molecule has 3 saturated carbocycles. The summed E-state index contributed by atoms with van der Waals surface area (Å²) in [5.74, 6) is 1.52. The molecule has 4 aliphatic carbocycles. The average Bonchev–Trinajstić information content (AvgIpc) is 3.27. The van der Waals surface area contributed by atoms with Crippen molar-refractivity contribution in [3.8, 4) is 11.4 Å². The Hall–Kier alpha value is -3.03. The fraction of sp³-hybridized carbons (Fsp3) is 0.520. The van der Waals surface area contributed by atoms with Crippen molar-refractivity contribution in [3.63, 3.8) is 0 Å². The van der Waals surface area contributed by atoms with Crippen LogP contribution < -0.4 is 5.32 Å². The summed E-state index contributed by atoms with van der Waals surface area (Å²) in [6.07, 6.45) is 11.4. The van der Waals surface area contributed by atoms with Gasteiger partial charge in [-0.2, -0.15) is 0 Å². The maximum absolute atomic E-state index is 13.9. The Balaban J connectivity index is 1.43. The SMILES string of the molecule is COC(=O)C1C2CCC(CC2)C1Nc1nc(-c2c[nH]c3ncc(F)cc23)nc2c1CCCC2. The van der Waals surface area contributed by atoms with Crippen molar-refractivity contribution >= 4 is 22.8 Å². The Morgan fingerprint density at radius 2 is 1.94 bits per heavy atom. The van der Waals surface area contributed by atoms with Crippen LogP contribution in [0.2, 0.25) is 0 Å². The number of aryl methyl sites for hydroxylation is 1. The predicted octanol–water partition coefficient (Wildman–Crippen LogP) is 4.43. The van der Waals surface area contributed by atoms with Crippen LogP contribution in [0.25, 0.3) is 22.4 Å². The van der Waals surface area contributed by atoms with E-state index in [-0.39, 0.29) is 23.7 Å². The molecular weight excluding hydrogens is 421 g/mol. The molecule has 3 fully saturated rings. The van der Waals surface area contributed by atoms with Crippen molar-refractivity contribution in [2.45, 2.75) is 57.4 Å². The van der Waals surface area contributed by atoms with Crippen molar-refractivity contribution in [2.75, 3.05) is 12.4 Å². The smallest absolute Gasteiger partial charge is 0.311 e. The van der Waals surface area contributed by atoms with E-state index in [1.807, 2.05) is 0 Å². The number of rotatable bonds is 4. The quantitative estimate of drug-likeness (QED) is 0.573. The number of nitrogens with zero attached hydrogens (tertiary/aromatic N) is 3. The number of aromatic nitrogens is 4.